The van der Waals surface area contributed by atoms with E-state index in [9.17, 15) is 4.79 Å². The van der Waals surface area contributed by atoms with Gasteiger partial charge in [0.1, 0.15) is 4.32 Å². The summed E-state index contributed by atoms with van der Waals surface area (Å²) in [5, 5.41) is 0. The number of thiocarbonyl (C=S) groups is 1. The third kappa shape index (κ3) is 5.63. The summed E-state index contributed by atoms with van der Waals surface area (Å²) in [5.41, 5.74) is 0.745. The molecule has 6 nitrogen and oxygen atoms in total. The lowest BCUT2D eigenvalue weighted by atomic mass is 10.1. The van der Waals surface area contributed by atoms with E-state index in [-0.39, 0.29) is 5.91 Å². The van der Waals surface area contributed by atoms with Crippen molar-refractivity contribution in [3.8, 4) is 23.0 Å². The lowest BCUT2D eigenvalue weighted by Gasteiger charge is -2.14. The number of hydrogen-bond acceptors (Lipinski definition) is 7. The van der Waals surface area contributed by atoms with Gasteiger partial charge in [0.25, 0.3) is 5.91 Å². The van der Waals surface area contributed by atoms with Gasteiger partial charge in [0, 0.05) is 18.5 Å². The van der Waals surface area contributed by atoms with Crippen molar-refractivity contribution in [3.63, 3.8) is 0 Å². The van der Waals surface area contributed by atoms with Crippen LogP contribution in [0.4, 0.5) is 0 Å². The molecule has 3 rings (SSSR count). The molecule has 0 saturated carbocycles. The van der Waals surface area contributed by atoms with E-state index in [1.807, 2.05) is 42.5 Å². The van der Waals surface area contributed by atoms with Crippen LogP contribution in [0.2, 0.25) is 0 Å². The maximum absolute atomic E-state index is 12.7. The molecule has 2 aromatic rings. The monoisotopic (exact) mass is 471 g/mol. The number of rotatable bonds is 11. The van der Waals surface area contributed by atoms with Crippen molar-refractivity contribution >= 4 is 40.3 Å². The maximum Gasteiger partial charge on any atom is 0.266 e. The van der Waals surface area contributed by atoms with Crippen molar-refractivity contribution in [1.29, 1.82) is 0 Å². The number of amides is 1. The van der Waals surface area contributed by atoms with E-state index in [1.54, 1.807) is 26.4 Å². The van der Waals surface area contributed by atoms with Gasteiger partial charge >= 0.3 is 0 Å². The molecule has 0 aliphatic carbocycles. The van der Waals surface area contributed by atoms with Crippen LogP contribution in [-0.4, -0.2) is 49.1 Å². The zero-order chi connectivity index (χ0) is 22.9. The molecule has 1 aliphatic rings. The van der Waals surface area contributed by atoms with Crippen LogP contribution < -0.4 is 18.9 Å². The summed E-state index contributed by atoms with van der Waals surface area (Å²) in [6.07, 6.45) is 4.09. The summed E-state index contributed by atoms with van der Waals surface area (Å²) < 4.78 is 23.1. The zero-order valence-corrected chi connectivity index (χ0v) is 19.7. The van der Waals surface area contributed by atoms with Crippen molar-refractivity contribution in [1.82, 2.24) is 4.90 Å². The Morgan fingerprint density at radius 1 is 1.00 bits per heavy atom. The number of methoxy groups -OCH3 is 2. The molecule has 0 atom stereocenters. The van der Waals surface area contributed by atoms with Gasteiger partial charge in [-0.25, -0.2) is 0 Å². The zero-order valence-electron chi connectivity index (χ0n) is 18.0. The number of benzene rings is 2. The van der Waals surface area contributed by atoms with E-state index < -0.39 is 0 Å². The average molecular weight is 472 g/mol. The number of para-hydroxylation sites is 3. The van der Waals surface area contributed by atoms with Crippen LogP contribution in [0.25, 0.3) is 6.08 Å². The predicted octanol–water partition coefficient (Wildman–Crippen LogP) is 4.94. The highest BCUT2D eigenvalue weighted by molar-refractivity contribution is 8.26. The standard InChI is InChI=1S/C24H25NO5S2/c1-4-13-25-23(26)21(32-24(25)31)16-17-9-7-12-20(28-3)22(17)30-15-8-14-29-19-11-6-5-10-18(19)27-2/h4-7,9-12,16H,1,8,13-15H2,2-3H3/b21-16-. The molecule has 1 saturated heterocycles. The van der Waals surface area contributed by atoms with Gasteiger partial charge in [-0.1, -0.05) is 54.3 Å². The fourth-order valence-corrected chi connectivity index (χ4v) is 4.31. The molecule has 0 bridgehead atoms. The first kappa shape index (κ1) is 23.7. The van der Waals surface area contributed by atoms with E-state index in [0.717, 1.165) is 5.56 Å². The minimum absolute atomic E-state index is 0.140. The number of carbonyl (C=O) groups is 1. The Bertz CT molecular complexity index is 1020. The van der Waals surface area contributed by atoms with Crippen molar-refractivity contribution in [2.24, 2.45) is 0 Å². The van der Waals surface area contributed by atoms with Crippen LogP contribution in [0, 0.1) is 0 Å². The summed E-state index contributed by atoms with van der Waals surface area (Å²) in [7, 11) is 3.19. The molecule has 1 aliphatic heterocycles. The molecule has 1 fully saturated rings. The SMILES string of the molecule is C=CCN1C(=O)/C(=C/c2cccc(OC)c2OCCCOc2ccccc2OC)SC1=S. The van der Waals surface area contributed by atoms with Crippen molar-refractivity contribution < 1.29 is 23.7 Å². The van der Waals surface area contributed by atoms with Gasteiger partial charge in [-0.15, -0.1) is 6.58 Å². The quantitative estimate of drug-likeness (QED) is 0.199. The molecule has 0 radical (unpaired) electrons. The van der Waals surface area contributed by atoms with Crippen LogP contribution in [0.1, 0.15) is 12.0 Å². The van der Waals surface area contributed by atoms with Crippen molar-refractivity contribution in [3.05, 3.63) is 65.6 Å². The normalized spacial score (nSPS) is 14.6. The molecule has 0 aromatic heterocycles. The largest absolute Gasteiger partial charge is 0.493 e. The highest BCUT2D eigenvalue weighted by Gasteiger charge is 2.31. The number of ether oxygens (including phenoxy) is 4. The van der Waals surface area contributed by atoms with Crippen molar-refractivity contribution in [2.75, 3.05) is 34.0 Å². The molecule has 2 aromatic carbocycles. The van der Waals surface area contributed by atoms with Gasteiger partial charge in [-0.05, 0) is 24.3 Å². The lowest BCUT2D eigenvalue weighted by Crippen LogP contribution is -2.27. The number of carbonyl (C=O) groups excluding carboxylic acids is 1. The minimum Gasteiger partial charge on any atom is -0.493 e. The Kier molecular flexibility index (Phi) is 8.58. The van der Waals surface area contributed by atoms with Gasteiger partial charge < -0.3 is 18.9 Å². The third-order valence-corrected chi connectivity index (χ3v) is 5.94. The van der Waals surface area contributed by atoms with E-state index in [0.29, 0.717) is 58.4 Å². The molecular formula is C24H25NO5S2. The van der Waals surface area contributed by atoms with Gasteiger partial charge in [-0.2, -0.15) is 0 Å². The van der Waals surface area contributed by atoms with E-state index in [4.69, 9.17) is 31.2 Å². The molecule has 1 heterocycles. The van der Waals surface area contributed by atoms with Gasteiger partial charge in [-0.3, -0.25) is 9.69 Å². The summed E-state index contributed by atoms with van der Waals surface area (Å²) >= 11 is 6.58. The molecule has 0 N–H and O–H groups in total. The summed E-state index contributed by atoms with van der Waals surface area (Å²) in [5.74, 6) is 2.40. The molecule has 1 amide bonds. The number of thioether (sulfide) groups is 1. The summed E-state index contributed by atoms with van der Waals surface area (Å²) in [6.45, 7) is 4.94. The Balaban J connectivity index is 1.67. The van der Waals surface area contributed by atoms with Crippen LogP contribution in [-0.2, 0) is 4.79 Å². The van der Waals surface area contributed by atoms with E-state index in [1.165, 1.54) is 16.7 Å². The Morgan fingerprint density at radius 2 is 1.69 bits per heavy atom. The van der Waals surface area contributed by atoms with Crippen LogP contribution >= 0.6 is 24.0 Å². The van der Waals surface area contributed by atoms with E-state index in [2.05, 4.69) is 6.58 Å². The first-order valence-electron chi connectivity index (χ1n) is 10.0. The van der Waals surface area contributed by atoms with E-state index >= 15 is 0 Å². The highest BCUT2D eigenvalue weighted by atomic mass is 32.2. The van der Waals surface area contributed by atoms with Gasteiger partial charge in [0.15, 0.2) is 23.0 Å². The predicted molar refractivity (Wildman–Crippen MR) is 132 cm³/mol. The topological polar surface area (TPSA) is 57.2 Å². The molecular weight excluding hydrogens is 446 g/mol. The fraction of sp³-hybridized carbons (Fsp3) is 0.250. The van der Waals surface area contributed by atoms with Crippen LogP contribution in [0.3, 0.4) is 0 Å². The number of hydrogen-bond donors (Lipinski definition) is 0. The third-order valence-electron chi connectivity index (χ3n) is 4.56. The summed E-state index contributed by atoms with van der Waals surface area (Å²) in [6, 6.07) is 13.1. The Labute approximate surface area is 197 Å². The Hall–Kier alpha value is -2.97. The lowest BCUT2D eigenvalue weighted by molar-refractivity contribution is -0.121. The van der Waals surface area contributed by atoms with Crippen LogP contribution in [0.15, 0.2) is 60.0 Å². The van der Waals surface area contributed by atoms with Gasteiger partial charge in [0.05, 0.1) is 32.3 Å². The minimum atomic E-state index is -0.140. The second-order valence-corrected chi connectivity index (χ2v) is 8.34. The first-order valence-corrected chi connectivity index (χ1v) is 11.2. The second kappa shape index (κ2) is 11.6. The smallest absolute Gasteiger partial charge is 0.266 e. The van der Waals surface area contributed by atoms with Crippen LogP contribution in [0.5, 0.6) is 23.0 Å². The number of nitrogens with zero attached hydrogens (tertiary/aromatic N) is 1. The molecule has 0 spiro atoms. The fourth-order valence-electron chi connectivity index (χ4n) is 3.04. The second-order valence-electron chi connectivity index (χ2n) is 6.66. The first-order chi connectivity index (χ1) is 15.6. The molecule has 168 valence electrons. The highest BCUT2D eigenvalue weighted by Crippen LogP contribution is 2.37. The van der Waals surface area contributed by atoms with Gasteiger partial charge in [0.2, 0.25) is 0 Å². The molecule has 0 unspecified atom stereocenters. The Morgan fingerprint density at radius 3 is 2.41 bits per heavy atom. The molecule has 8 heteroatoms. The average Bonchev–Trinajstić information content (AvgIpc) is 3.07. The van der Waals surface area contributed by atoms with Crippen molar-refractivity contribution in [2.45, 2.75) is 6.42 Å². The summed E-state index contributed by atoms with van der Waals surface area (Å²) in [4.78, 5) is 14.7. The molecule has 32 heavy (non-hydrogen) atoms. The maximum atomic E-state index is 12.7.